The van der Waals surface area contributed by atoms with Gasteiger partial charge in [0, 0.05) is 5.56 Å². The van der Waals surface area contributed by atoms with E-state index in [9.17, 15) is 18.0 Å². The molecule has 0 aliphatic carbocycles. The Morgan fingerprint density at radius 3 is 2.31 bits per heavy atom. The molecular weight excluding hydrogens is 451 g/mol. The van der Waals surface area contributed by atoms with E-state index in [4.69, 9.17) is 4.74 Å². The van der Waals surface area contributed by atoms with Gasteiger partial charge in [-0.15, -0.1) is 0 Å². The number of hydrogen-bond acceptors (Lipinski definition) is 2. The topological polar surface area (TPSA) is 38.3 Å². The van der Waals surface area contributed by atoms with Gasteiger partial charge in [0.2, 0.25) is 0 Å². The molecule has 0 saturated heterocycles. The van der Waals surface area contributed by atoms with Crippen LogP contribution in [0.1, 0.15) is 72.3 Å². The van der Waals surface area contributed by atoms with E-state index in [1.807, 2.05) is 63.2 Å². The van der Waals surface area contributed by atoms with Crippen molar-refractivity contribution in [3.8, 4) is 5.75 Å². The predicted octanol–water partition coefficient (Wildman–Crippen LogP) is 7.75. The van der Waals surface area contributed by atoms with Gasteiger partial charge in [-0.2, -0.15) is 13.2 Å². The van der Waals surface area contributed by atoms with Crippen LogP contribution in [0, 0.1) is 5.92 Å². The Labute approximate surface area is 205 Å². The first-order valence-corrected chi connectivity index (χ1v) is 12.0. The number of para-hydroxylation sites is 1. The first kappa shape index (κ1) is 26.3. The standard InChI is InChI=1S/C29H32F3NO2/c1-4-10-22-16-15-21(19-35-23-11-6-5-7-12-23)18-25(22)28(34)33-27(17-20(2)3)24-13-8-9-14-26(24)29(30,31)32/h5-9,11-16,18,20,27H,4,10,17,19H2,1-3H3,(H,33,34). The summed E-state index contributed by atoms with van der Waals surface area (Å²) in [5, 5.41) is 2.91. The molecule has 0 aliphatic heterocycles. The molecule has 35 heavy (non-hydrogen) atoms. The number of ether oxygens (including phenoxy) is 1. The Balaban J connectivity index is 1.90. The molecular formula is C29H32F3NO2. The average Bonchev–Trinajstić information content (AvgIpc) is 2.83. The summed E-state index contributed by atoms with van der Waals surface area (Å²) in [4.78, 5) is 13.5. The van der Waals surface area contributed by atoms with Gasteiger partial charge in [-0.05, 0) is 59.7 Å². The van der Waals surface area contributed by atoms with Crippen molar-refractivity contribution in [2.45, 2.75) is 58.9 Å². The third-order valence-electron chi connectivity index (χ3n) is 5.74. The van der Waals surface area contributed by atoms with Gasteiger partial charge in [-0.25, -0.2) is 0 Å². The number of hydrogen-bond donors (Lipinski definition) is 1. The normalized spacial score (nSPS) is 12.4. The van der Waals surface area contributed by atoms with Crippen LogP contribution in [-0.4, -0.2) is 5.91 Å². The van der Waals surface area contributed by atoms with Crippen LogP contribution in [0.5, 0.6) is 5.75 Å². The Hall–Kier alpha value is -3.28. The number of benzene rings is 3. The molecule has 3 nitrogen and oxygen atoms in total. The lowest BCUT2D eigenvalue weighted by molar-refractivity contribution is -0.138. The molecule has 3 rings (SSSR count). The third-order valence-corrected chi connectivity index (χ3v) is 5.74. The Morgan fingerprint density at radius 1 is 0.971 bits per heavy atom. The molecule has 6 heteroatoms. The Morgan fingerprint density at radius 2 is 1.66 bits per heavy atom. The molecule has 3 aromatic carbocycles. The molecule has 1 unspecified atom stereocenters. The van der Waals surface area contributed by atoms with Gasteiger partial charge in [0.25, 0.3) is 5.91 Å². The van der Waals surface area contributed by atoms with Gasteiger partial charge in [-0.3, -0.25) is 4.79 Å². The van der Waals surface area contributed by atoms with E-state index in [1.54, 1.807) is 12.1 Å². The largest absolute Gasteiger partial charge is 0.489 e. The summed E-state index contributed by atoms with van der Waals surface area (Å²) in [6.07, 6.45) is -2.58. The number of amides is 1. The summed E-state index contributed by atoms with van der Waals surface area (Å²) in [6, 6.07) is 19.7. The first-order chi connectivity index (χ1) is 16.7. The molecule has 1 amide bonds. The highest BCUT2D eigenvalue weighted by molar-refractivity contribution is 5.96. The van der Waals surface area contributed by atoms with Crippen LogP contribution in [0.3, 0.4) is 0 Å². The first-order valence-electron chi connectivity index (χ1n) is 12.0. The zero-order valence-electron chi connectivity index (χ0n) is 20.4. The number of nitrogens with one attached hydrogen (secondary N) is 1. The van der Waals surface area contributed by atoms with Crippen LogP contribution in [0.4, 0.5) is 13.2 Å². The maximum Gasteiger partial charge on any atom is 0.416 e. The van der Waals surface area contributed by atoms with Crippen molar-refractivity contribution < 1.29 is 22.7 Å². The smallest absolute Gasteiger partial charge is 0.416 e. The van der Waals surface area contributed by atoms with Crippen molar-refractivity contribution in [2.24, 2.45) is 5.92 Å². The lowest BCUT2D eigenvalue weighted by atomic mass is 9.92. The lowest BCUT2D eigenvalue weighted by Crippen LogP contribution is -2.32. The summed E-state index contributed by atoms with van der Waals surface area (Å²) >= 11 is 0. The number of carbonyl (C=O) groups is 1. The Kier molecular flexibility index (Phi) is 8.96. The predicted molar refractivity (Wildman–Crippen MR) is 132 cm³/mol. The SMILES string of the molecule is CCCc1ccc(COc2ccccc2)cc1C(=O)NC(CC(C)C)c1ccccc1C(F)(F)F. The van der Waals surface area contributed by atoms with E-state index in [1.165, 1.54) is 12.1 Å². The molecule has 0 aromatic heterocycles. The number of aryl methyl sites for hydroxylation is 1. The minimum absolute atomic E-state index is 0.0855. The highest BCUT2D eigenvalue weighted by atomic mass is 19.4. The minimum Gasteiger partial charge on any atom is -0.489 e. The van der Waals surface area contributed by atoms with Gasteiger partial charge < -0.3 is 10.1 Å². The van der Waals surface area contributed by atoms with Crippen LogP contribution in [-0.2, 0) is 19.2 Å². The molecule has 0 spiro atoms. The van der Waals surface area contributed by atoms with Crippen LogP contribution >= 0.6 is 0 Å². The molecule has 0 bridgehead atoms. The number of rotatable bonds is 10. The number of halogens is 3. The van der Waals surface area contributed by atoms with E-state index in [0.29, 0.717) is 18.4 Å². The zero-order chi connectivity index (χ0) is 25.4. The van der Waals surface area contributed by atoms with Gasteiger partial charge in [-0.1, -0.05) is 75.7 Å². The molecule has 1 N–H and O–H groups in total. The van der Waals surface area contributed by atoms with E-state index in [0.717, 1.165) is 29.4 Å². The highest BCUT2D eigenvalue weighted by Crippen LogP contribution is 2.36. The van der Waals surface area contributed by atoms with Crippen molar-refractivity contribution in [3.05, 3.63) is 101 Å². The number of carbonyl (C=O) groups excluding carboxylic acids is 1. The molecule has 0 saturated carbocycles. The quantitative estimate of drug-likeness (QED) is 0.320. The summed E-state index contributed by atoms with van der Waals surface area (Å²) in [6.45, 7) is 6.16. The van der Waals surface area contributed by atoms with Crippen LogP contribution in [0.25, 0.3) is 0 Å². The third kappa shape index (κ3) is 7.35. The maximum atomic E-state index is 13.7. The average molecular weight is 484 g/mol. The fraction of sp³-hybridized carbons (Fsp3) is 0.345. The van der Waals surface area contributed by atoms with E-state index < -0.39 is 17.8 Å². The lowest BCUT2D eigenvalue weighted by Gasteiger charge is -2.25. The van der Waals surface area contributed by atoms with Crippen LogP contribution in [0.15, 0.2) is 72.8 Å². The van der Waals surface area contributed by atoms with E-state index in [-0.39, 0.29) is 24.0 Å². The second-order valence-corrected chi connectivity index (χ2v) is 9.08. The fourth-order valence-electron chi connectivity index (χ4n) is 4.13. The molecule has 0 heterocycles. The second-order valence-electron chi connectivity index (χ2n) is 9.08. The summed E-state index contributed by atoms with van der Waals surface area (Å²) in [5.74, 6) is 0.428. The second kappa shape index (κ2) is 11.9. The molecule has 0 aliphatic rings. The van der Waals surface area contributed by atoms with Crippen LogP contribution < -0.4 is 10.1 Å². The summed E-state index contributed by atoms with van der Waals surface area (Å²) in [5.41, 5.74) is 1.52. The fourth-order valence-corrected chi connectivity index (χ4v) is 4.13. The Bertz CT molecular complexity index is 1110. The molecule has 0 radical (unpaired) electrons. The monoisotopic (exact) mass is 483 g/mol. The molecule has 0 fully saturated rings. The van der Waals surface area contributed by atoms with Gasteiger partial charge in [0.1, 0.15) is 12.4 Å². The van der Waals surface area contributed by atoms with Gasteiger partial charge in [0.15, 0.2) is 0 Å². The van der Waals surface area contributed by atoms with Crippen molar-refractivity contribution >= 4 is 5.91 Å². The summed E-state index contributed by atoms with van der Waals surface area (Å²) < 4.78 is 47.0. The van der Waals surface area contributed by atoms with Crippen molar-refractivity contribution in [1.29, 1.82) is 0 Å². The maximum absolute atomic E-state index is 13.7. The highest BCUT2D eigenvalue weighted by Gasteiger charge is 2.35. The van der Waals surface area contributed by atoms with Gasteiger partial charge in [0.05, 0.1) is 11.6 Å². The van der Waals surface area contributed by atoms with Crippen molar-refractivity contribution in [3.63, 3.8) is 0 Å². The zero-order valence-corrected chi connectivity index (χ0v) is 20.4. The molecule has 186 valence electrons. The summed E-state index contributed by atoms with van der Waals surface area (Å²) in [7, 11) is 0. The van der Waals surface area contributed by atoms with Crippen molar-refractivity contribution in [1.82, 2.24) is 5.32 Å². The van der Waals surface area contributed by atoms with E-state index >= 15 is 0 Å². The molecule has 3 aromatic rings. The van der Waals surface area contributed by atoms with Crippen LogP contribution in [0.2, 0.25) is 0 Å². The minimum atomic E-state index is -4.50. The van der Waals surface area contributed by atoms with E-state index in [2.05, 4.69) is 5.32 Å². The van der Waals surface area contributed by atoms with Gasteiger partial charge >= 0.3 is 6.18 Å². The van der Waals surface area contributed by atoms with Crippen molar-refractivity contribution in [2.75, 3.05) is 0 Å². The molecule has 1 atom stereocenters. The number of alkyl halides is 3.